The molecule has 0 saturated carbocycles. The van der Waals surface area contributed by atoms with E-state index in [1.807, 2.05) is 0 Å². The fourth-order valence-electron chi connectivity index (χ4n) is 2.72. The van der Waals surface area contributed by atoms with Crippen LogP contribution in [0.5, 0.6) is 0 Å². The zero-order chi connectivity index (χ0) is 19.7. The molecule has 0 heterocycles. The lowest BCUT2D eigenvalue weighted by atomic mass is 10.1. The van der Waals surface area contributed by atoms with Gasteiger partial charge >= 0.3 is 12.4 Å². The summed E-state index contributed by atoms with van der Waals surface area (Å²) in [6.07, 6.45) is -9.75. The third kappa shape index (κ3) is 4.33. The monoisotopic (exact) mass is 398 g/mol. The summed E-state index contributed by atoms with van der Waals surface area (Å²) in [5, 5.41) is 1.11. The molecular weight excluding hydrogens is 385 g/mol. The lowest BCUT2D eigenvalue weighted by molar-refractivity contribution is -0.142. The van der Waals surface area contributed by atoms with E-state index in [1.54, 1.807) is 60.7 Å². The number of hydrogen-bond donors (Lipinski definition) is 0. The van der Waals surface area contributed by atoms with E-state index in [0.29, 0.717) is 16.7 Å². The van der Waals surface area contributed by atoms with Gasteiger partial charge in [0.25, 0.3) is 0 Å². The first-order chi connectivity index (χ1) is 12.7. The molecule has 0 aliphatic heterocycles. The Kier molecular flexibility index (Phi) is 5.29. The van der Waals surface area contributed by atoms with Gasteiger partial charge in [-0.3, -0.25) is 0 Å². The van der Waals surface area contributed by atoms with Gasteiger partial charge in [-0.2, -0.15) is 26.3 Å². The zero-order valence-electron chi connectivity index (χ0n) is 13.7. The predicted octanol–water partition coefficient (Wildman–Crippen LogP) is 5.48. The Balaban J connectivity index is 2.26. The Morgan fingerprint density at radius 1 is 0.556 bits per heavy atom. The first-order valence-electron chi connectivity index (χ1n) is 7.86. The predicted molar refractivity (Wildman–Crippen MR) is 95.2 cm³/mol. The maximum atomic E-state index is 13.7. The van der Waals surface area contributed by atoms with Gasteiger partial charge in [-0.1, -0.05) is 66.7 Å². The molecule has 0 aliphatic carbocycles. The van der Waals surface area contributed by atoms with Crippen LogP contribution in [0.15, 0.2) is 78.9 Å². The topological polar surface area (TPSA) is 0 Å². The Morgan fingerprint density at radius 3 is 1.44 bits per heavy atom. The molecule has 0 aromatic heterocycles. The van der Waals surface area contributed by atoms with Crippen molar-refractivity contribution in [3.63, 3.8) is 0 Å². The van der Waals surface area contributed by atoms with E-state index in [-0.39, 0.29) is 11.4 Å². The van der Waals surface area contributed by atoms with Gasteiger partial charge in [0.2, 0.25) is 0 Å². The molecule has 0 radical (unpaired) electrons. The van der Waals surface area contributed by atoms with Gasteiger partial charge in [-0.25, -0.2) is 0 Å². The van der Waals surface area contributed by atoms with Gasteiger partial charge in [-0.15, -0.1) is 0 Å². The maximum Gasteiger partial charge on any atom is 0.417 e. The first-order valence-corrected chi connectivity index (χ1v) is 9.21. The summed E-state index contributed by atoms with van der Waals surface area (Å²) in [6.45, 7) is 0. The van der Waals surface area contributed by atoms with Crippen molar-refractivity contribution < 1.29 is 26.3 Å². The van der Waals surface area contributed by atoms with Crippen LogP contribution in [-0.4, -0.2) is 0 Å². The molecular formula is C20H13F6P. The van der Waals surface area contributed by atoms with E-state index < -0.39 is 31.4 Å². The molecule has 0 atom stereocenters. The van der Waals surface area contributed by atoms with Gasteiger partial charge in [-0.05, 0) is 36.0 Å². The van der Waals surface area contributed by atoms with Crippen molar-refractivity contribution in [3.8, 4) is 0 Å². The largest absolute Gasteiger partial charge is 0.417 e. The average molecular weight is 398 g/mol. The Labute approximate surface area is 153 Å². The van der Waals surface area contributed by atoms with Crippen molar-refractivity contribution in [2.45, 2.75) is 12.4 Å². The third-order valence-electron chi connectivity index (χ3n) is 3.90. The van der Waals surface area contributed by atoms with Crippen molar-refractivity contribution in [1.29, 1.82) is 0 Å². The quantitative estimate of drug-likeness (QED) is 0.405. The molecule has 0 nitrogen and oxygen atoms in total. The second-order valence-electron chi connectivity index (χ2n) is 5.73. The van der Waals surface area contributed by atoms with Crippen molar-refractivity contribution in [2.24, 2.45) is 0 Å². The van der Waals surface area contributed by atoms with Crippen LogP contribution in [0.2, 0.25) is 0 Å². The zero-order valence-corrected chi connectivity index (χ0v) is 14.6. The molecule has 0 N–H and O–H groups in total. The molecule has 0 bridgehead atoms. The van der Waals surface area contributed by atoms with Crippen LogP contribution >= 0.6 is 7.92 Å². The Morgan fingerprint density at radius 2 is 1.04 bits per heavy atom. The average Bonchev–Trinajstić information content (AvgIpc) is 2.62. The number of benzene rings is 3. The van der Waals surface area contributed by atoms with Crippen LogP contribution in [0, 0.1) is 0 Å². The lowest BCUT2D eigenvalue weighted by Gasteiger charge is -2.24. The Bertz CT molecular complexity index is 862. The molecule has 0 amide bonds. The summed E-state index contributed by atoms with van der Waals surface area (Å²) in [5.41, 5.74) is -2.56. The molecule has 3 rings (SSSR count). The summed E-state index contributed by atoms with van der Waals surface area (Å²) in [4.78, 5) is 0. The molecule has 27 heavy (non-hydrogen) atoms. The minimum atomic E-state index is -4.90. The Hall–Kier alpha value is -2.33. The van der Waals surface area contributed by atoms with Gasteiger partial charge in [0, 0.05) is 0 Å². The van der Waals surface area contributed by atoms with Crippen molar-refractivity contribution >= 4 is 23.8 Å². The van der Waals surface area contributed by atoms with E-state index in [2.05, 4.69) is 0 Å². The van der Waals surface area contributed by atoms with E-state index in [4.69, 9.17) is 0 Å². The summed E-state index contributed by atoms with van der Waals surface area (Å²) in [7, 11) is -1.67. The third-order valence-corrected chi connectivity index (χ3v) is 6.40. The molecule has 0 saturated heterocycles. The van der Waals surface area contributed by atoms with E-state index in [1.165, 1.54) is 0 Å². The summed E-state index contributed by atoms with van der Waals surface area (Å²) in [6, 6.07) is 18.9. The van der Waals surface area contributed by atoms with Gasteiger partial charge in [0.1, 0.15) is 0 Å². The van der Waals surface area contributed by atoms with Crippen LogP contribution < -0.4 is 15.9 Å². The summed E-state index contributed by atoms with van der Waals surface area (Å²) < 4.78 is 79.9. The van der Waals surface area contributed by atoms with Crippen LogP contribution in [0.25, 0.3) is 0 Å². The molecule has 0 fully saturated rings. The second-order valence-corrected chi connectivity index (χ2v) is 7.92. The summed E-state index contributed by atoms with van der Waals surface area (Å²) in [5.74, 6) is 0. The highest BCUT2D eigenvalue weighted by Gasteiger charge is 2.39. The smallest absolute Gasteiger partial charge is 0.166 e. The first kappa shape index (κ1) is 19.4. The number of halogens is 6. The van der Waals surface area contributed by atoms with Gasteiger partial charge in [0.05, 0.1) is 11.1 Å². The second kappa shape index (κ2) is 7.35. The van der Waals surface area contributed by atoms with Crippen LogP contribution in [0.4, 0.5) is 26.3 Å². The highest BCUT2D eigenvalue weighted by atomic mass is 31.1. The standard InChI is InChI=1S/C20H13F6P/c21-19(22,23)14-11-12-18(17(13-14)20(24,25)26)27(15-7-3-1-4-8-15)16-9-5-2-6-10-16/h1-13H. The molecule has 0 spiro atoms. The van der Waals surface area contributed by atoms with Crippen molar-refractivity contribution in [3.05, 3.63) is 90.0 Å². The molecule has 0 aliphatic rings. The lowest BCUT2D eigenvalue weighted by Crippen LogP contribution is -2.27. The van der Waals surface area contributed by atoms with Crippen LogP contribution in [-0.2, 0) is 12.4 Å². The fraction of sp³-hybridized carbons (Fsp3) is 0.100. The van der Waals surface area contributed by atoms with E-state index >= 15 is 0 Å². The SMILES string of the molecule is FC(F)(F)c1ccc(P(c2ccccc2)c2ccccc2)c(C(F)(F)F)c1. The minimum absolute atomic E-state index is 0.150. The normalized spacial score (nSPS) is 12.4. The summed E-state index contributed by atoms with van der Waals surface area (Å²) >= 11 is 0. The molecule has 3 aromatic rings. The minimum Gasteiger partial charge on any atom is -0.166 e. The fourth-order valence-corrected chi connectivity index (χ4v) is 5.17. The van der Waals surface area contributed by atoms with Gasteiger partial charge < -0.3 is 0 Å². The highest BCUT2D eigenvalue weighted by Crippen LogP contribution is 2.41. The van der Waals surface area contributed by atoms with Crippen LogP contribution in [0.1, 0.15) is 11.1 Å². The van der Waals surface area contributed by atoms with Gasteiger partial charge in [0.15, 0.2) is 0 Å². The van der Waals surface area contributed by atoms with Crippen LogP contribution in [0.3, 0.4) is 0 Å². The number of hydrogen-bond acceptors (Lipinski definition) is 0. The molecule has 140 valence electrons. The van der Waals surface area contributed by atoms with E-state index in [0.717, 1.165) is 6.07 Å². The van der Waals surface area contributed by atoms with Crippen molar-refractivity contribution in [2.75, 3.05) is 0 Å². The van der Waals surface area contributed by atoms with E-state index in [9.17, 15) is 26.3 Å². The van der Waals surface area contributed by atoms with Crippen molar-refractivity contribution in [1.82, 2.24) is 0 Å². The maximum absolute atomic E-state index is 13.7. The number of alkyl halides is 6. The molecule has 0 unspecified atom stereocenters. The molecule has 7 heteroatoms. The number of rotatable bonds is 3. The molecule has 3 aromatic carbocycles. The highest BCUT2D eigenvalue weighted by molar-refractivity contribution is 7.79.